The summed E-state index contributed by atoms with van der Waals surface area (Å²) in [5.74, 6) is 0.871. The van der Waals surface area contributed by atoms with Gasteiger partial charge in [0.1, 0.15) is 0 Å². The Morgan fingerprint density at radius 3 is 2.55 bits per heavy atom. The molecule has 1 aromatic heterocycles. The largest absolute Gasteiger partial charge is 0.349 e. The van der Waals surface area contributed by atoms with Gasteiger partial charge in [0.15, 0.2) is 5.17 Å². The van der Waals surface area contributed by atoms with Gasteiger partial charge in [0.25, 0.3) is 0 Å². The van der Waals surface area contributed by atoms with Crippen LogP contribution in [0.3, 0.4) is 0 Å². The van der Waals surface area contributed by atoms with Crippen molar-refractivity contribution < 1.29 is 0 Å². The predicted octanol–water partition coefficient (Wildman–Crippen LogP) is 3.32. The van der Waals surface area contributed by atoms with E-state index >= 15 is 0 Å². The van der Waals surface area contributed by atoms with Crippen molar-refractivity contribution in [3.05, 3.63) is 23.0 Å². The third-order valence-electron chi connectivity index (χ3n) is 3.27. The molecule has 0 radical (unpaired) electrons. The van der Waals surface area contributed by atoms with Gasteiger partial charge in [-0.3, -0.25) is 10.4 Å². The van der Waals surface area contributed by atoms with E-state index in [1.807, 2.05) is 0 Å². The molecule has 110 valence electrons. The molecule has 0 bridgehead atoms. The van der Waals surface area contributed by atoms with Gasteiger partial charge in [-0.2, -0.15) is 5.10 Å². The number of thioether (sulfide) groups is 1. The number of amidine groups is 1. The number of nitrogens with zero attached hydrogens (tertiary/aromatic N) is 3. The van der Waals surface area contributed by atoms with Crippen molar-refractivity contribution in [2.24, 2.45) is 10.1 Å². The zero-order valence-electron chi connectivity index (χ0n) is 13.2. The lowest BCUT2D eigenvalue weighted by Gasteiger charge is -2.19. The lowest BCUT2D eigenvalue weighted by Crippen LogP contribution is -2.28. The van der Waals surface area contributed by atoms with Crippen LogP contribution in [0.2, 0.25) is 0 Å². The summed E-state index contributed by atoms with van der Waals surface area (Å²) in [5, 5.41) is 5.42. The van der Waals surface area contributed by atoms with Gasteiger partial charge in [-0.15, -0.1) is 0 Å². The van der Waals surface area contributed by atoms with E-state index in [1.54, 1.807) is 11.8 Å². The number of hydrogen-bond acceptors (Lipinski definition) is 3. The Bertz CT molecular complexity index is 561. The molecular formula is C15H24N4S. The van der Waals surface area contributed by atoms with Crippen LogP contribution < -0.4 is 5.43 Å². The summed E-state index contributed by atoms with van der Waals surface area (Å²) in [4.78, 5) is 4.61. The fourth-order valence-electron chi connectivity index (χ4n) is 2.40. The zero-order chi connectivity index (χ0) is 14.9. The maximum atomic E-state index is 4.61. The van der Waals surface area contributed by atoms with Gasteiger partial charge in [0, 0.05) is 29.2 Å². The zero-order valence-corrected chi connectivity index (χ0v) is 14.1. The maximum absolute atomic E-state index is 4.61. The quantitative estimate of drug-likeness (QED) is 0.908. The first kappa shape index (κ1) is 15.2. The second-order valence-electron chi connectivity index (χ2n) is 6.08. The third-order valence-corrected chi connectivity index (χ3v) is 4.14. The van der Waals surface area contributed by atoms with Crippen molar-refractivity contribution in [3.63, 3.8) is 0 Å². The first-order chi connectivity index (χ1) is 9.31. The Morgan fingerprint density at radius 1 is 1.40 bits per heavy atom. The lowest BCUT2D eigenvalue weighted by atomic mass is 10.1. The topological polar surface area (TPSA) is 41.7 Å². The number of nitrogens with one attached hydrogen (secondary N) is 1. The van der Waals surface area contributed by atoms with Crippen LogP contribution in [-0.2, 0) is 6.54 Å². The molecule has 0 aromatic carbocycles. The molecule has 2 heterocycles. The molecule has 0 saturated carbocycles. The molecule has 0 aliphatic carbocycles. The van der Waals surface area contributed by atoms with E-state index < -0.39 is 0 Å². The van der Waals surface area contributed by atoms with Gasteiger partial charge in [-0.1, -0.05) is 11.8 Å². The van der Waals surface area contributed by atoms with Crippen LogP contribution in [-0.4, -0.2) is 26.7 Å². The summed E-state index contributed by atoms with van der Waals surface area (Å²) in [6, 6.07) is 2.23. The minimum absolute atomic E-state index is 0.0690. The second kappa shape index (κ2) is 5.64. The molecule has 0 spiro atoms. The van der Waals surface area contributed by atoms with E-state index in [1.165, 1.54) is 17.0 Å². The van der Waals surface area contributed by atoms with E-state index in [0.29, 0.717) is 0 Å². The highest BCUT2D eigenvalue weighted by Gasteiger charge is 2.19. The monoisotopic (exact) mass is 292 g/mol. The number of aliphatic imine (C=N–C) groups is 1. The van der Waals surface area contributed by atoms with Crippen LogP contribution in [0.15, 0.2) is 16.2 Å². The Labute approximate surface area is 125 Å². The normalized spacial score (nSPS) is 18.1. The van der Waals surface area contributed by atoms with Gasteiger partial charge in [-0.05, 0) is 47.6 Å². The van der Waals surface area contributed by atoms with Gasteiger partial charge >= 0.3 is 0 Å². The molecule has 0 saturated heterocycles. The predicted molar refractivity (Wildman–Crippen MR) is 88.9 cm³/mol. The molecule has 4 nitrogen and oxygen atoms in total. The van der Waals surface area contributed by atoms with Crippen LogP contribution in [0.25, 0.3) is 0 Å². The summed E-state index contributed by atoms with van der Waals surface area (Å²) >= 11 is 1.72. The molecule has 5 heteroatoms. The van der Waals surface area contributed by atoms with Crippen molar-refractivity contribution >= 4 is 22.6 Å². The van der Waals surface area contributed by atoms with E-state index in [9.17, 15) is 0 Å². The van der Waals surface area contributed by atoms with Crippen molar-refractivity contribution in [1.82, 2.24) is 9.99 Å². The van der Waals surface area contributed by atoms with Crippen LogP contribution in [0.5, 0.6) is 0 Å². The molecule has 0 unspecified atom stereocenters. The van der Waals surface area contributed by atoms with Crippen molar-refractivity contribution in [3.8, 4) is 0 Å². The fourth-order valence-corrected chi connectivity index (χ4v) is 3.34. The third kappa shape index (κ3) is 3.26. The Kier molecular flexibility index (Phi) is 4.28. The minimum atomic E-state index is -0.0690. The van der Waals surface area contributed by atoms with E-state index in [2.05, 4.69) is 67.7 Å². The van der Waals surface area contributed by atoms with E-state index in [4.69, 9.17) is 0 Å². The maximum Gasteiger partial charge on any atom is 0.178 e. The van der Waals surface area contributed by atoms with Crippen LogP contribution in [0, 0.1) is 13.8 Å². The van der Waals surface area contributed by atoms with Crippen molar-refractivity contribution in [2.45, 2.75) is 53.6 Å². The molecule has 0 amide bonds. The average molecular weight is 292 g/mol. The Balaban J connectivity index is 2.23. The van der Waals surface area contributed by atoms with Crippen LogP contribution in [0.4, 0.5) is 0 Å². The second-order valence-corrected chi connectivity index (χ2v) is 7.04. The molecule has 0 atom stereocenters. The lowest BCUT2D eigenvalue weighted by molar-refractivity contribution is 0.582. The molecule has 1 aliphatic heterocycles. The molecule has 0 fully saturated rings. The number of aryl methyl sites for hydroxylation is 1. The molecule has 1 aromatic rings. The van der Waals surface area contributed by atoms with Gasteiger partial charge in [0.2, 0.25) is 0 Å². The number of aromatic nitrogens is 1. The molecule has 1 aliphatic rings. The SMILES string of the molecule is CCn1c(C)cc(C2=NNC(=NC(C)(C)C)SC2)c1C. The highest BCUT2D eigenvalue weighted by molar-refractivity contribution is 8.14. The summed E-state index contributed by atoms with van der Waals surface area (Å²) < 4.78 is 2.32. The van der Waals surface area contributed by atoms with E-state index in [-0.39, 0.29) is 5.54 Å². The molecule has 1 N–H and O–H groups in total. The highest BCUT2D eigenvalue weighted by Crippen LogP contribution is 2.21. The molecule has 2 rings (SSSR count). The van der Waals surface area contributed by atoms with Crippen molar-refractivity contribution in [2.75, 3.05) is 5.75 Å². The van der Waals surface area contributed by atoms with Crippen molar-refractivity contribution in [1.29, 1.82) is 0 Å². The smallest absolute Gasteiger partial charge is 0.178 e. The Hall–Kier alpha value is -1.23. The van der Waals surface area contributed by atoms with Gasteiger partial charge in [-0.25, -0.2) is 0 Å². The fraction of sp³-hybridized carbons (Fsp3) is 0.600. The van der Waals surface area contributed by atoms with Crippen LogP contribution in [0.1, 0.15) is 44.6 Å². The summed E-state index contributed by atoms with van der Waals surface area (Å²) in [7, 11) is 0. The minimum Gasteiger partial charge on any atom is -0.349 e. The Morgan fingerprint density at radius 2 is 2.10 bits per heavy atom. The summed E-state index contributed by atoms with van der Waals surface area (Å²) in [6.07, 6.45) is 0. The standard InChI is InChI=1S/C15H24N4S/c1-7-19-10(2)8-12(11(19)3)13-9-20-14(18-17-13)16-15(4,5)6/h8H,7,9H2,1-6H3,(H,16,18). The average Bonchev–Trinajstić information content (AvgIpc) is 2.63. The highest BCUT2D eigenvalue weighted by atomic mass is 32.2. The first-order valence-electron chi connectivity index (χ1n) is 7.04. The van der Waals surface area contributed by atoms with E-state index in [0.717, 1.165) is 23.2 Å². The number of hydrazone groups is 1. The van der Waals surface area contributed by atoms with Crippen LogP contribution >= 0.6 is 11.8 Å². The molecule has 20 heavy (non-hydrogen) atoms. The summed E-state index contributed by atoms with van der Waals surface area (Å²) in [6.45, 7) is 13.8. The number of rotatable bonds is 2. The van der Waals surface area contributed by atoms with Gasteiger partial charge in [0.05, 0.1) is 11.3 Å². The first-order valence-corrected chi connectivity index (χ1v) is 8.02. The molecular weight excluding hydrogens is 268 g/mol. The van der Waals surface area contributed by atoms with Gasteiger partial charge < -0.3 is 4.57 Å². The summed E-state index contributed by atoms with van der Waals surface area (Å²) in [5.41, 5.74) is 7.96. The number of hydrogen-bond donors (Lipinski definition) is 1.